The van der Waals surface area contributed by atoms with E-state index >= 15 is 0 Å². The second-order valence-corrected chi connectivity index (χ2v) is 3.78. The van der Waals surface area contributed by atoms with Crippen molar-refractivity contribution in [1.29, 1.82) is 0 Å². The van der Waals surface area contributed by atoms with Crippen LogP contribution in [0.5, 0.6) is 11.5 Å². The average Bonchev–Trinajstić information content (AvgIpc) is 2.27. The van der Waals surface area contributed by atoms with Crippen LogP contribution in [0.4, 0.5) is 0 Å². The molecular weight excluding hydrogens is 202 g/mol. The summed E-state index contributed by atoms with van der Waals surface area (Å²) in [6.07, 6.45) is 0. The maximum Gasteiger partial charge on any atom is 0.161 e. The number of hydrogen-bond acceptors (Lipinski definition) is 3. The van der Waals surface area contributed by atoms with E-state index in [4.69, 9.17) is 9.47 Å². The maximum absolute atomic E-state index is 5.28. The molecule has 0 atom stereocenters. The van der Waals surface area contributed by atoms with E-state index in [9.17, 15) is 0 Å². The van der Waals surface area contributed by atoms with Crippen molar-refractivity contribution in [2.45, 2.75) is 13.8 Å². The van der Waals surface area contributed by atoms with Crippen LogP contribution in [0.15, 0.2) is 18.2 Å². The third-order valence-electron chi connectivity index (χ3n) is 2.65. The minimum atomic E-state index is 0.740. The molecule has 0 fully saturated rings. The molecule has 84 valence electrons. The summed E-state index contributed by atoms with van der Waals surface area (Å²) in [7, 11) is 3.28. The number of aryl methyl sites for hydroxylation is 2. The second kappa shape index (κ2) is 4.00. The van der Waals surface area contributed by atoms with Crippen molar-refractivity contribution in [2.75, 3.05) is 14.2 Å². The van der Waals surface area contributed by atoms with Crippen molar-refractivity contribution < 1.29 is 9.47 Å². The van der Waals surface area contributed by atoms with Gasteiger partial charge in [0.2, 0.25) is 0 Å². The Morgan fingerprint density at radius 1 is 0.938 bits per heavy atom. The van der Waals surface area contributed by atoms with Gasteiger partial charge in [-0.2, -0.15) is 0 Å². The monoisotopic (exact) mass is 217 g/mol. The van der Waals surface area contributed by atoms with Crippen LogP contribution in [0.3, 0.4) is 0 Å². The Labute approximate surface area is 95.0 Å². The summed E-state index contributed by atoms with van der Waals surface area (Å²) < 4.78 is 10.6. The summed E-state index contributed by atoms with van der Waals surface area (Å²) in [4.78, 5) is 4.44. The molecule has 2 rings (SSSR count). The molecule has 0 radical (unpaired) electrons. The van der Waals surface area contributed by atoms with Crippen molar-refractivity contribution in [1.82, 2.24) is 4.98 Å². The highest BCUT2D eigenvalue weighted by molar-refractivity contribution is 5.88. The fourth-order valence-electron chi connectivity index (χ4n) is 1.91. The van der Waals surface area contributed by atoms with Crippen LogP contribution in [0.25, 0.3) is 10.8 Å². The highest BCUT2D eigenvalue weighted by Gasteiger charge is 2.08. The molecular formula is C13H15NO2. The van der Waals surface area contributed by atoms with Crippen LogP contribution < -0.4 is 9.47 Å². The number of methoxy groups -OCH3 is 2. The quantitative estimate of drug-likeness (QED) is 0.775. The van der Waals surface area contributed by atoms with E-state index in [1.54, 1.807) is 14.2 Å². The molecule has 1 heterocycles. The lowest BCUT2D eigenvalue weighted by molar-refractivity contribution is 0.356. The summed E-state index contributed by atoms with van der Waals surface area (Å²) in [5.41, 5.74) is 2.02. The number of nitrogens with zero attached hydrogens (tertiary/aromatic N) is 1. The fourth-order valence-corrected chi connectivity index (χ4v) is 1.91. The van der Waals surface area contributed by atoms with Gasteiger partial charge in [-0.05, 0) is 37.4 Å². The lowest BCUT2D eigenvalue weighted by Crippen LogP contribution is -1.93. The molecule has 1 aromatic heterocycles. The number of pyridine rings is 1. The molecule has 1 aromatic carbocycles. The third-order valence-corrected chi connectivity index (χ3v) is 2.65. The summed E-state index contributed by atoms with van der Waals surface area (Å²) in [6.45, 7) is 3.99. The third kappa shape index (κ3) is 1.69. The van der Waals surface area contributed by atoms with Gasteiger partial charge in [-0.1, -0.05) is 0 Å². The Morgan fingerprint density at radius 3 is 2.19 bits per heavy atom. The van der Waals surface area contributed by atoms with Gasteiger partial charge >= 0.3 is 0 Å². The number of benzene rings is 1. The first-order valence-electron chi connectivity index (χ1n) is 5.15. The Balaban J connectivity index is 2.78. The van der Waals surface area contributed by atoms with E-state index in [2.05, 4.69) is 4.98 Å². The van der Waals surface area contributed by atoms with Crippen LogP contribution in [0, 0.1) is 13.8 Å². The molecule has 16 heavy (non-hydrogen) atoms. The van der Waals surface area contributed by atoms with Gasteiger partial charge in [-0.25, -0.2) is 0 Å². The molecule has 3 heteroatoms. The molecule has 0 spiro atoms. The predicted octanol–water partition coefficient (Wildman–Crippen LogP) is 2.87. The van der Waals surface area contributed by atoms with Gasteiger partial charge in [-0.3, -0.25) is 4.98 Å². The van der Waals surface area contributed by atoms with Gasteiger partial charge < -0.3 is 9.47 Å². The molecule has 0 unspecified atom stereocenters. The lowest BCUT2D eigenvalue weighted by atomic mass is 10.1. The predicted molar refractivity (Wildman–Crippen MR) is 64.3 cm³/mol. The first-order valence-corrected chi connectivity index (χ1v) is 5.15. The average molecular weight is 217 g/mol. The van der Waals surface area contributed by atoms with Gasteiger partial charge in [0.05, 0.1) is 14.2 Å². The summed E-state index contributed by atoms with van der Waals surface area (Å²) in [6, 6.07) is 6.00. The van der Waals surface area contributed by atoms with E-state index in [1.165, 1.54) is 0 Å². The van der Waals surface area contributed by atoms with Crippen molar-refractivity contribution >= 4 is 10.8 Å². The second-order valence-electron chi connectivity index (χ2n) is 3.78. The van der Waals surface area contributed by atoms with Gasteiger partial charge in [0.15, 0.2) is 11.5 Å². The van der Waals surface area contributed by atoms with Crippen LogP contribution in [-0.2, 0) is 0 Å². The van der Waals surface area contributed by atoms with E-state index in [-0.39, 0.29) is 0 Å². The first-order chi connectivity index (χ1) is 7.65. The summed E-state index contributed by atoms with van der Waals surface area (Å²) in [5, 5.41) is 2.23. The Morgan fingerprint density at radius 2 is 1.56 bits per heavy atom. The maximum atomic E-state index is 5.28. The topological polar surface area (TPSA) is 31.4 Å². The molecule has 0 saturated heterocycles. The molecule has 2 aromatic rings. The van der Waals surface area contributed by atoms with E-state index in [0.29, 0.717) is 0 Å². The standard InChI is InChI=1S/C13H15NO2/c1-8-5-10-6-12(15-3)13(16-4)7-11(10)9(2)14-8/h5-7H,1-4H3. The highest BCUT2D eigenvalue weighted by atomic mass is 16.5. The van der Waals surface area contributed by atoms with Crippen molar-refractivity contribution in [3.05, 3.63) is 29.6 Å². The number of fused-ring (bicyclic) bond motifs is 1. The molecule has 0 N–H and O–H groups in total. The van der Waals surface area contributed by atoms with Crippen molar-refractivity contribution in [3.63, 3.8) is 0 Å². The molecule has 3 nitrogen and oxygen atoms in total. The van der Waals surface area contributed by atoms with Crippen molar-refractivity contribution in [3.8, 4) is 11.5 Å². The van der Waals surface area contributed by atoms with Crippen molar-refractivity contribution in [2.24, 2.45) is 0 Å². The number of aromatic nitrogens is 1. The molecule has 0 aliphatic rings. The van der Waals surface area contributed by atoms with E-state index in [1.807, 2.05) is 32.0 Å². The zero-order valence-electron chi connectivity index (χ0n) is 10.00. The largest absolute Gasteiger partial charge is 0.493 e. The zero-order valence-corrected chi connectivity index (χ0v) is 10.00. The molecule has 0 aliphatic heterocycles. The molecule has 0 saturated carbocycles. The SMILES string of the molecule is COc1cc2cc(C)nc(C)c2cc1OC. The summed E-state index contributed by atoms with van der Waals surface area (Å²) in [5.74, 6) is 1.49. The normalized spacial score (nSPS) is 10.5. The van der Waals surface area contributed by atoms with E-state index in [0.717, 1.165) is 33.7 Å². The fraction of sp³-hybridized carbons (Fsp3) is 0.308. The minimum Gasteiger partial charge on any atom is -0.493 e. The van der Waals surface area contributed by atoms with Crippen LogP contribution in [0.1, 0.15) is 11.4 Å². The highest BCUT2D eigenvalue weighted by Crippen LogP contribution is 2.33. The zero-order chi connectivity index (χ0) is 11.7. The Bertz CT molecular complexity index is 535. The van der Waals surface area contributed by atoms with Gasteiger partial charge in [-0.15, -0.1) is 0 Å². The number of rotatable bonds is 2. The minimum absolute atomic E-state index is 0.740. The Kier molecular flexibility index (Phi) is 2.69. The lowest BCUT2D eigenvalue weighted by Gasteiger charge is -2.10. The van der Waals surface area contributed by atoms with Crippen LogP contribution in [0.2, 0.25) is 0 Å². The van der Waals surface area contributed by atoms with Crippen LogP contribution >= 0.6 is 0 Å². The summed E-state index contributed by atoms with van der Waals surface area (Å²) >= 11 is 0. The molecule has 0 amide bonds. The Hall–Kier alpha value is -1.77. The van der Waals surface area contributed by atoms with Gasteiger partial charge in [0, 0.05) is 16.8 Å². The smallest absolute Gasteiger partial charge is 0.161 e. The molecule has 0 bridgehead atoms. The number of ether oxygens (including phenoxy) is 2. The van der Waals surface area contributed by atoms with Crippen LogP contribution in [-0.4, -0.2) is 19.2 Å². The molecule has 0 aliphatic carbocycles. The number of hydrogen-bond donors (Lipinski definition) is 0. The van der Waals surface area contributed by atoms with E-state index < -0.39 is 0 Å². The van der Waals surface area contributed by atoms with Gasteiger partial charge in [0.25, 0.3) is 0 Å². The van der Waals surface area contributed by atoms with Gasteiger partial charge in [0.1, 0.15) is 0 Å². The first kappa shape index (κ1) is 10.7.